The molecule has 9 heteroatoms. The van der Waals surface area contributed by atoms with Gasteiger partial charge in [-0.1, -0.05) is 36.4 Å². The summed E-state index contributed by atoms with van der Waals surface area (Å²) >= 11 is 0. The van der Waals surface area contributed by atoms with Gasteiger partial charge in [-0.15, -0.1) is 0 Å². The number of hydrogen-bond donors (Lipinski definition) is 3. The Morgan fingerprint density at radius 2 is 2.00 bits per heavy atom. The van der Waals surface area contributed by atoms with Crippen molar-refractivity contribution in [3.63, 3.8) is 0 Å². The Labute approximate surface area is 237 Å². The second-order valence-electron chi connectivity index (χ2n) is 10.2. The van der Waals surface area contributed by atoms with Crippen LogP contribution in [0.3, 0.4) is 0 Å². The Kier molecular flexibility index (Phi) is 11.7. The van der Waals surface area contributed by atoms with Crippen LogP contribution in [0.5, 0.6) is 0 Å². The molecule has 2 aromatic heterocycles. The minimum atomic E-state index is -0.804. The highest BCUT2D eigenvalue weighted by molar-refractivity contribution is 5.71. The molecule has 1 atom stereocenters. The molecular formula is C31H42N6O3. The smallest absolute Gasteiger partial charge is 0.308 e. The van der Waals surface area contributed by atoms with E-state index >= 15 is 0 Å². The minimum Gasteiger partial charge on any atom is -0.481 e. The highest BCUT2D eigenvalue weighted by atomic mass is 16.5. The molecule has 4 rings (SSSR count). The van der Waals surface area contributed by atoms with E-state index in [2.05, 4.69) is 37.6 Å². The Morgan fingerprint density at radius 3 is 2.83 bits per heavy atom. The van der Waals surface area contributed by atoms with Crippen molar-refractivity contribution in [1.82, 2.24) is 19.9 Å². The van der Waals surface area contributed by atoms with E-state index in [1.165, 1.54) is 18.3 Å². The van der Waals surface area contributed by atoms with Gasteiger partial charge in [0.25, 0.3) is 0 Å². The number of hydrogen-bond acceptors (Lipinski definition) is 8. The minimum absolute atomic E-state index is 0.303. The van der Waals surface area contributed by atoms with Crippen molar-refractivity contribution in [2.75, 3.05) is 56.6 Å². The maximum absolute atomic E-state index is 12.1. The zero-order valence-electron chi connectivity index (χ0n) is 23.5. The first-order valence-electron chi connectivity index (χ1n) is 14.5. The summed E-state index contributed by atoms with van der Waals surface area (Å²) in [5.74, 6) is 0.339. The molecule has 40 heavy (non-hydrogen) atoms. The van der Waals surface area contributed by atoms with Crippen molar-refractivity contribution in [3.8, 4) is 11.3 Å². The van der Waals surface area contributed by atoms with E-state index in [0.717, 1.165) is 68.1 Å². The van der Waals surface area contributed by atoms with Gasteiger partial charge in [-0.25, -0.2) is 15.0 Å². The predicted octanol–water partition coefficient (Wildman–Crippen LogP) is 4.76. The van der Waals surface area contributed by atoms with E-state index in [-0.39, 0.29) is 0 Å². The summed E-state index contributed by atoms with van der Waals surface area (Å²) in [5.41, 5.74) is 4.24. The maximum atomic E-state index is 12.1. The van der Waals surface area contributed by atoms with Crippen molar-refractivity contribution < 1.29 is 14.6 Å². The van der Waals surface area contributed by atoms with Crippen LogP contribution < -0.4 is 10.6 Å². The Balaban J connectivity index is 1.25. The van der Waals surface area contributed by atoms with Crippen LogP contribution in [-0.2, 0) is 22.4 Å². The molecule has 3 heterocycles. The van der Waals surface area contributed by atoms with Gasteiger partial charge < -0.3 is 25.4 Å². The predicted molar refractivity (Wildman–Crippen MR) is 159 cm³/mol. The van der Waals surface area contributed by atoms with Crippen LogP contribution in [0.2, 0.25) is 0 Å². The largest absolute Gasteiger partial charge is 0.481 e. The van der Waals surface area contributed by atoms with Crippen LogP contribution in [0.4, 0.5) is 11.6 Å². The fourth-order valence-electron chi connectivity index (χ4n) is 4.92. The van der Waals surface area contributed by atoms with Gasteiger partial charge in [0.2, 0.25) is 0 Å². The number of fused-ring (bicyclic) bond motifs is 1. The number of nitrogens with zero attached hydrogens (tertiary/aromatic N) is 4. The summed E-state index contributed by atoms with van der Waals surface area (Å²) in [6, 6.07) is 16.1. The number of pyridine rings is 1. The molecule has 0 saturated heterocycles. The Hall–Kier alpha value is -3.56. The Bertz CT molecular complexity index is 1190. The monoisotopic (exact) mass is 546 g/mol. The van der Waals surface area contributed by atoms with Crippen molar-refractivity contribution >= 4 is 17.6 Å². The zero-order chi connectivity index (χ0) is 28.0. The molecule has 3 aromatic rings. The van der Waals surface area contributed by atoms with E-state index in [4.69, 9.17) is 9.72 Å². The van der Waals surface area contributed by atoms with Crippen LogP contribution >= 0.6 is 0 Å². The lowest BCUT2D eigenvalue weighted by Gasteiger charge is -2.24. The molecule has 9 nitrogen and oxygen atoms in total. The van der Waals surface area contributed by atoms with Gasteiger partial charge in [-0.3, -0.25) is 4.79 Å². The molecule has 214 valence electrons. The standard InChI is InChI=1S/C31H42N6O3/c1-2-40-20-19-37(17-7-6-12-27-14-13-25-11-8-16-32-30(25)36-27)18-15-26(31(38)39)22-33-29-21-28(34-23-35-29)24-9-4-3-5-10-24/h3-5,9-10,13-14,21,23,26H,2,6-8,11-12,15-20,22H2,1H3,(H,32,36)(H,38,39)(H,33,34,35)/t26-/m1/s1. The van der Waals surface area contributed by atoms with E-state index < -0.39 is 11.9 Å². The molecule has 1 aromatic carbocycles. The number of anilines is 2. The first-order chi connectivity index (χ1) is 19.6. The van der Waals surface area contributed by atoms with E-state index in [1.54, 1.807) is 0 Å². The van der Waals surface area contributed by atoms with Crippen LogP contribution in [0, 0.1) is 5.92 Å². The quantitative estimate of drug-likeness (QED) is 0.206. The van der Waals surface area contributed by atoms with Crippen molar-refractivity contribution in [2.24, 2.45) is 5.92 Å². The number of nitrogens with one attached hydrogen (secondary N) is 2. The number of unbranched alkanes of at least 4 members (excludes halogenated alkanes) is 1. The topological polar surface area (TPSA) is 113 Å². The number of ether oxygens (including phenoxy) is 1. The zero-order valence-corrected chi connectivity index (χ0v) is 23.5. The van der Waals surface area contributed by atoms with Crippen LogP contribution in [0.25, 0.3) is 11.3 Å². The van der Waals surface area contributed by atoms with E-state index in [0.29, 0.717) is 38.5 Å². The lowest BCUT2D eigenvalue weighted by Crippen LogP contribution is -2.33. The number of benzene rings is 1. The average Bonchev–Trinajstić information content (AvgIpc) is 2.99. The lowest BCUT2D eigenvalue weighted by molar-refractivity contribution is -0.141. The van der Waals surface area contributed by atoms with Gasteiger partial charge >= 0.3 is 5.97 Å². The maximum Gasteiger partial charge on any atom is 0.308 e. The van der Waals surface area contributed by atoms with Crippen LogP contribution in [0.15, 0.2) is 54.9 Å². The molecule has 0 saturated carbocycles. The number of aliphatic carboxylic acids is 1. The molecule has 0 amide bonds. The number of carboxylic acids is 1. The second kappa shape index (κ2) is 15.9. The highest BCUT2D eigenvalue weighted by Crippen LogP contribution is 2.21. The fourth-order valence-corrected chi connectivity index (χ4v) is 4.92. The van der Waals surface area contributed by atoms with E-state index in [9.17, 15) is 9.90 Å². The number of carboxylic acid groups (broad SMARTS) is 1. The van der Waals surface area contributed by atoms with Crippen LogP contribution in [0.1, 0.15) is 43.9 Å². The third-order valence-corrected chi connectivity index (χ3v) is 7.27. The SMILES string of the molecule is CCOCCN(CCCCc1ccc2c(n1)NCCC2)CC[C@H](CNc1cc(-c2ccccc2)ncn1)C(=O)O. The summed E-state index contributed by atoms with van der Waals surface area (Å²) in [5, 5.41) is 16.5. The summed E-state index contributed by atoms with van der Waals surface area (Å²) in [6.45, 7) is 7.02. The van der Waals surface area contributed by atoms with Gasteiger partial charge in [0.1, 0.15) is 18.0 Å². The molecule has 1 aliphatic heterocycles. The number of aromatic nitrogens is 3. The second-order valence-corrected chi connectivity index (χ2v) is 10.2. The lowest BCUT2D eigenvalue weighted by atomic mass is 10.0. The molecular weight excluding hydrogens is 504 g/mol. The number of aryl methyl sites for hydroxylation is 2. The molecule has 0 bridgehead atoms. The average molecular weight is 547 g/mol. The Morgan fingerprint density at radius 1 is 1.12 bits per heavy atom. The molecule has 0 unspecified atom stereocenters. The van der Waals surface area contributed by atoms with Crippen molar-refractivity contribution in [3.05, 3.63) is 66.1 Å². The van der Waals surface area contributed by atoms with Crippen molar-refractivity contribution in [2.45, 2.75) is 45.4 Å². The number of rotatable bonds is 17. The summed E-state index contributed by atoms with van der Waals surface area (Å²) in [4.78, 5) is 27.8. The highest BCUT2D eigenvalue weighted by Gasteiger charge is 2.19. The number of carbonyl (C=O) groups is 1. The third kappa shape index (κ3) is 9.27. The van der Waals surface area contributed by atoms with Gasteiger partial charge in [0.15, 0.2) is 0 Å². The molecule has 0 spiro atoms. The van der Waals surface area contributed by atoms with Crippen molar-refractivity contribution in [1.29, 1.82) is 0 Å². The summed E-state index contributed by atoms with van der Waals surface area (Å²) < 4.78 is 5.60. The first kappa shape index (κ1) is 29.4. The molecule has 0 radical (unpaired) electrons. The van der Waals surface area contributed by atoms with Gasteiger partial charge in [0.05, 0.1) is 18.2 Å². The fraction of sp³-hybridized carbons (Fsp3) is 0.484. The van der Waals surface area contributed by atoms with E-state index in [1.807, 2.05) is 43.3 Å². The van der Waals surface area contributed by atoms with Gasteiger partial charge in [-0.05, 0) is 70.2 Å². The normalized spacial score (nSPS) is 13.4. The van der Waals surface area contributed by atoms with Crippen LogP contribution in [-0.4, -0.2) is 76.9 Å². The van der Waals surface area contributed by atoms with Gasteiger partial charge in [0, 0.05) is 43.6 Å². The van der Waals surface area contributed by atoms with Gasteiger partial charge in [-0.2, -0.15) is 0 Å². The third-order valence-electron chi connectivity index (χ3n) is 7.27. The molecule has 0 fully saturated rings. The molecule has 0 aliphatic carbocycles. The summed E-state index contributed by atoms with van der Waals surface area (Å²) in [7, 11) is 0. The molecule has 3 N–H and O–H groups in total. The first-order valence-corrected chi connectivity index (χ1v) is 14.5. The summed E-state index contributed by atoms with van der Waals surface area (Å²) in [6.07, 6.45) is 7.33. The molecule has 1 aliphatic rings.